The first-order valence-electron chi connectivity index (χ1n) is 8.82. The highest BCUT2D eigenvalue weighted by atomic mass is 35.5. The molecule has 0 fully saturated rings. The second-order valence-corrected chi connectivity index (χ2v) is 7.55. The molecule has 132 valence electrons. The van der Waals surface area contributed by atoms with E-state index < -0.39 is 0 Å². The SMILES string of the molecule is Cc1ccc(-c2cc(-c3ccc(Cl)cc3)cc(-c3ccc(Cl)cc3)c2)cc1. The topological polar surface area (TPSA) is 0 Å². The Balaban J connectivity index is 1.89. The number of rotatable bonds is 3. The zero-order valence-corrected chi connectivity index (χ0v) is 16.4. The molecule has 4 rings (SSSR count). The lowest BCUT2D eigenvalue weighted by atomic mass is 9.93. The zero-order valence-electron chi connectivity index (χ0n) is 14.9. The lowest BCUT2D eigenvalue weighted by molar-refractivity contribution is 1.47. The average Bonchev–Trinajstić information content (AvgIpc) is 2.69. The highest BCUT2D eigenvalue weighted by Crippen LogP contribution is 2.33. The van der Waals surface area contributed by atoms with Gasteiger partial charge in [-0.1, -0.05) is 77.3 Å². The second-order valence-electron chi connectivity index (χ2n) is 6.68. The smallest absolute Gasteiger partial charge is 0.0406 e. The summed E-state index contributed by atoms with van der Waals surface area (Å²) >= 11 is 12.1. The fraction of sp³-hybridized carbons (Fsp3) is 0.0400. The van der Waals surface area contributed by atoms with Crippen LogP contribution in [0, 0.1) is 6.92 Å². The van der Waals surface area contributed by atoms with Crippen LogP contribution in [0.25, 0.3) is 33.4 Å². The van der Waals surface area contributed by atoms with Gasteiger partial charge in [-0.25, -0.2) is 0 Å². The van der Waals surface area contributed by atoms with Crippen LogP contribution in [-0.4, -0.2) is 0 Å². The maximum Gasteiger partial charge on any atom is 0.0406 e. The Morgan fingerprint density at radius 2 is 0.704 bits per heavy atom. The molecule has 4 aromatic carbocycles. The van der Waals surface area contributed by atoms with Crippen molar-refractivity contribution in [1.29, 1.82) is 0 Å². The van der Waals surface area contributed by atoms with Crippen LogP contribution in [0.2, 0.25) is 10.0 Å². The summed E-state index contributed by atoms with van der Waals surface area (Å²) in [7, 11) is 0. The van der Waals surface area contributed by atoms with Crippen molar-refractivity contribution in [2.24, 2.45) is 0 Å². The first kappa shape index (κ1) is 17.9. The normalized spacial score (nSPS) is 10.8. The van der Waals surface area contributed by atoms with Crippen molar-refractivity contribution >= 4 is 23.2 Å². The maximum absolute atomic E-state index is 6.07. The molecule has 0 bridgehead atoms. The predicted octanol–water partition coefficient (Wildman–Crippen LogP) is 8.30. The van der Waals surface area contributed by atoms with Gasteiger partial charge in [-0.2, -0.15) is 0 Å². The van der Waals surface area contributed by atoms with E-state index in [0.29, 0.717) is 0 Å². The van der Waals surface area contributed by atoms with Gasteiger partial charge in [0.2, 0.25) is 0 Å². The molecule has 0 spiro atoms. The van der Waals surface area contributed by atoms with E-state index in [1.165, 1.54) is 16.7 Å². The third-order valence-corrected chi connectivity index (χ3v) is 5.18. The van der Waals surface area contributed by atoms with E-state index in [0.717, 1.165) is 32.3 Å². The molecule has 0 aliphatic rings. The molecule has 0 saturated heterocycles. The summed E-state index contributed by atoms with van der Waals surface area (Å²) in [6.45, 7) is 2.10. The summed E-state index contributed by atoms with van der Waals surface area (Å²) in [4.78, 5) is 0. The van der Waals surface area contributed by atoms with Gasteiger partial charge in [-0.3, -0.25) is 0 Å². The van der Waals surface area contributed by atoms with Gasteiger partial charge in [0, 0.05) is 10.0 Å². The minimum atomic E-state index is 0.742. The lowest BCUT2D eigenvalue weighted by Crippen LogP contribution is -1.86. The van der Waals surface area contributed by atoms with Crippen LogP contribution in [0.5, 0.6) is 0 Å². The summed E-state index contributed by atoms with van der Waals surface area (Å²) < 4.78 is 0. The molecule has 0 amide bonds. The first-order chi connectivity index (χ1) is 13.1. The number of hydrogen-bond acceptors (Lipinski definition) is 0. The number of aryl methyl sites for hydroxylation is 1. The van der Waals surface area contributed by atoms with Crippen molar-refractivity contribution in [3.8, 4) is 33.4 Å². The van der Waals surface area contributed by atoms with Gasteiger partial charge in [0.1, 0.15) is 0 Å². The van der Waals surface area contributed by atoms with Crippen molar-refractivity contribution in [2.45, 2.75) is 6.92 Å². The highest BCUT2D eigenvalue weighted by molar-refractivity contribution is 6.30. The van der Waals surface area contributed by atoms with Crippen LogP contribution in [0.1, 0.15) is 5.56 Å². The molecule has 0 N–H and O–H groups in total. The van der Waals surface area contributed by atoms with Gasteiger partial charge in [-0.15, -0.1) is 0 Å². The van der Waals surface area contributed by atoms with Gasteiger partial charge in [0.25, 0.3) is 0 Å². The molecule has 0 nitrogen and oxygen atoms in total. The minimum Gasteiger partial charge on any atom is -0.0843 e. The van der Waals surface area contributed by atoms with Crippen molar-refractivity contribution < 1.29 is 0 Å². The summed E-state index contributed by atoms with van der Waals surface area (Å²) in [5, 5.41) is 1.48. The average molecular weight is 389 g/mol. The van der Waals surface area contributed by atoms with Gasteiger partial charge in [0.15, 0.2) is 0 Å². The van der Waals surface area contributed by atoms with Crippen molar-refractivity contribution in [1.82, 2.24) is 0 Å². The molecule has 4 aromatic rings. The third kappa shape index (κ3) is 4.08. The molecule has 2 heteroatoms. The second kappa shape index (κ2) is 7.60. The highest BCUT2D eigenvalue weighted by Gasteiger charge is 2.08. The van der Waals surface area contributed by atoms with E-state index in [4.69, 9.17) is 23.2 Å². The Kier molecular flexibility index (Phi) is 5.03. The molecular formula is C25H18Cl2. The van der Waals surface area contributed by atoms with E-state index in [2.05, 4.69) is 73.7 Å². The van der Waals surface area contributed by atoms with E-state index >= 15 is 0 Å². The van der Waals surface area contributed by atoms with Crippen LogP contribution in [0.3, 0.4) is 0 Å². The van der Waals surface area contributed by atoms with Crippen LogP contribution in [-0.2, 0) is 0 Å². The Morgan fingerprint density at radius 1 is 0.407 bits per heavy atom. The summed E-state index contributed by atoms with van der Waals surface area (Å²) in [6, 6.07) is 31.2. The first-order valence-corrected chi connectivity index (χ1v) is 9.58. The Morgan fingerprint density at radius 3 is 1.04 bits per heavy atom. The molecule has 0 heterocycles. The molecule has 0 saturated carbocycles. The van der Waals surface area contributed by atoms with E-state index in [9.17, 15) is 0 Å². The Labute approximate surface area is 170 Å². The van der Waals surface area contributed by atoms with Crippen LogP contribution in [0.15, 0.2) is 91.0 Å². The third-order valence-electron chi connectivity index (χ3n) is 4.67. The largest absolute Gasteiger partial charge is 0.0843 e. The van der Waals surface area contributed by atoms with Gasteiger partial charge in [-0.05, 0) is 82.8 Å². The quantitative estimate of drug-likeness (QED) is 0.331. The van der Waals surface area contributed by atoms with Gasteiger partial charge >= 0.3 is 0 Å². The fourth-order valence-corrected chi connectivity index (χ4v) is 3.41. The van der Waals surface area contributed by atoms with Crippen LogP contribution in [0.4, 0.5) is 0 Å². The standard InChI is InChI=1S/C25H18Cl2/c1-17-2-4-18(5-3-17)21-14-22(19-6-10-24(26)11-7-19)16-23(15-21)20-8-12-25(27)13-9-20/h2-16H,1H3. The summed E-state index contributed by atoms with van der Waals surface area (Å²) in [6.07, 6.45) is 0. The van der Waals surface area contributed by atoms with E-state index in [1.807, 2.05) is 24.3 Å². The Hall–Kier alpha value is -2.54. The Bertz CT molecular complexity index is 907. The number of benzene rings is 4. The van der Waals surface area contributed by atoms with Crippen LogP contribution >= 0.6 is 23.2 Å². The van der Waals surface area contributed by atoms with Gasteiger partial charge < -0.3 is 0 Å². The predicted molar refractivity (Wildman–Crippen MR) is 118 cm³/mol. The molecule has 0 aromatic heterocycles. The summed E-state index contributed by atoms with van der Waals surface area (Å²) in [5.74, 6) is 0. The monoisotopic (exact) mass is 388 g/mol. The molecule has 0 unspecified atom stereocenters. The maximum atomic E-state index is 6.07. The van der Waals surface area contributed by atoms with Crippen molar-refractivity contribution in [2.75, 3.05) is 0 Å². The van der Waals surface area contributed by atoms with Crippen LogP contribution < -0.4 is 0 Å². The molecule has 27 heavy (non-hydrogen) atoms. The number of hydrogen-bond donors (Lipinski definition) is 0. The number of halogens is 2. The fourth-order valence-electron chi connectivity index (χ4n) is 3.16. The molecular weight excluding hydrogens is 371 g/mol. The lowest BCUT2D eigenvalue weighted by Gasteiger charge is -2.12. The summed E-state index contributed by atoms with van der Waals surface area (Å²) in [5.41, 5.74) is 8.25. The molecule has 0 aliphatic heterocycles. The van der Waals surface area contributed by atoms with Crippen molar-refractivity contribution in [3.05, 3.63) is 107 Å². The zero-order chi connectivity index (χ0) is 18.8. The molecule has 0 aliphatic carbocycles. The van der Waals surface area contributed by atoms with Gasteiger partial charge in [0.05, 0.1) is 0 Å². The van der Waals surface area contributed by atoms with E-state index in [-0.39, 0.29) is 0 Å². The molecule has 0 radical (unpaired) electrons. The van der Waals surface area contributed by atoms with E-state index in [1.54, 1.807) is 0 Å². The minimum absolute atomic E-state index is 0.742. The molecule has 0 atom stereocenters. The van der Waals surface area contributed by atoms with Crippen molar-refractivity contribution in [3.63, 3.8) is 0 Å².